The summed E-state index contributed by atoms with van der Waals surface area (Å²) in [6, 6.07) is 33.6. The topological polar surface area (TPSA) is 121 Å². The molecule has 9 rings (SSSR count). The van der Waals surface area contributed by atoms with Crippen molar-refractivity contribution in [2.75, 3.05) is 10.6 Å². The second-order valence-electron chi connectivity index (χ2n) is 20.5. The molecule has 0 atom stereocenters. The van der Waals surface area contributed by atoms with Crippen molar-refractivity contribution in [2.45, 2.75) is 142 Å². The van der Waals surface area contributed by atoms with Crippen LogP contribution in [0.3, 0.4) is 0 Å². The zero-order valence-corrected chi connectivity index (χ0v) is 42.2. The lowest BCUT2D eigenvalue weighted by molar-refractivity contribution is 0.0974. The van der Waals surface area contributed by atoms with Crippen LogP contribution in [0, 0.1) is 18.4 Å². The van der Waals surface area contributed by atoms with Crippen LogP contribution < -0.4 is 20.1 Å². The third-order valence-electron chi connectivity index (χ3n) is 15.5. The van der Waals surface area contributed by atoms with Gasteiger partial charge in [0.05, 0.1) is 40.2 Å². The van der Waals surface area contributed by atoms with Crippen molar-refractivity contribution in [1.29, 1.82) is 0 Å². The number of nitrogens with one attached hydrogen (secondary N) is 2. The fourth-order valence-electron chi connectivity index (χ4n) is 11.3. The number of anilines is 4. The summed E-state index contributed by atoms with van der Waals surface area (Å²) >= 11 is 0. The summed E-state index contributed by atoms with van der Waals surface area (Å²) in [6.45, 7) is 14.1. The molecule has 0 aliphatic heterocycles. The van der Waals surface area contributed by atoms with Gasteiger partial charge in [0, 0.05) is 23.5 Å². The summed E-state index contributed by atoms with van der Waals surface area (Å²) in [4.78, 5) is 34.1. The highest BCUT2D eigenvalue weighted by Crippen LogP contribution is 2.51. The predicted octanol–water partition coefficient (Wildman–Crippen LogP) is 17.8. The summed E-state index contributed by atoms with van der Waals surface area (Å²) in [5, 5.41) is 31.1. The van der Waals surface area contributed by atoms with Crippen LogP contribution in [0.1, 0.15) is 184 Å². The number of phenolic OH excluding ortho intramolecular Hbond substituents is 2. The molecule has 0 amide bonds. The first-order chi connectivity index (χ1) is 35.1. The van der Waals surface area contributed by atoms with E-state index in [-0.39, 0.29) is 45.1 Å². The highest BCUT2D eigenvalue weighted by atomic mass is 16.5. The van der Waals surface area contributed by atoms with Gasteiger partial charge in [-0.15, -0.1) is 0 Å². The molecule has 2 fully saturated rings. The van der Waals surface area contributed by atoms with Crippen LogP contribution in [0.5, 0.6) is 34.5 Å². The molecule has 0 radical (unpaired) electrons. The Balaban J connectivity index is 1.07. The molecule has 3 aliphatic rings. The van der Waals surface area contributed by atoms with Crippen molar-refractivity contribution in [1.82, 2.24) is 0 Å². The van der Waals surface area contributed by atoms with Crippen LogP contribution in [0.25, 0.3) is 4.85 Å². The predicted molar refractivity (Wildman–Crippen MR) is 289 cm³/mol. The number of aromatic hydroxyl groups is 2. The first-order valence-electron chi connectivity index (χ1n) is 26.7. The third-order valence-corrected chi connectivity index (χ3v) is 15.5. The summed E-state index contributed by atoms with van der Waals surface area (Å²) in [6.07, 6.45) is 20.3. The number of nitrogens with zero attached hydrogens (tertiary/aromatic N) is 1. The number of unbranched alkanes of at least 4 members (excludes halogenated alkanes) is 3. The summed E-state index contributed by atoms with van der Waals surface area (Å²) in [5.74, 6) is 1.08. The summed E-state index contributed by atoms with van der Waals surface area (Å²) in [5.41, 5.74) is 4.94. The van der Waals surface area contributed by atoms with Crippen molar-refractivity contribution in [3.05, 3.63) is 160 Å². The molecule has 0 bridgehead atoms. The Labute approximate surface area is 425 Å². The normalized spacial score (nSPS) is 18.4. The van der Waals surface area contributed by atoms with Gasteiger partial charge in [-0.2, -0.15) is 0 Å². The average molecular weight is 964 g/mol. The fourth-order valence-corrected chi connectivity index (χ4v) is 11.3. The van der Waals surface area contributed by atoms with E-state index >= 15 is 9.59 Å². The number of phenols is 2. The van der Waals surface area contributed by atoms with Gasteiger partial charge in [0.15, 0.2) is 28.7 Å². The monoisotopic (exact) mass is 964 g/mol. The lowest BCUT2D eigenvalue weighted by Crippen LogP contribution is -2.24. The number of hydrogen-bond acceptors (Lipinski definition) is 8. The zero-order chi connectivity index (χ0) is 50.1. The zero-order valence-electron chi connectivity index (χ0n) is 42.2. The van der Waals surface area contributed by atoms with Gasteiger partial charge in [-0.3, -0.25) is 9.59 Å². The Bertz CT molecular complexity index is 2890. The molecule has 9 nitrogen and oxygen atoms in total. The molecule has 372 valence electrons. The highest BCUT2D eigenvalue weighted by molar-refractivity contribution is 6.34. The molecule has 0 saturated heterocycles. The number of fused-ring (bicyclic) bond motifs is 2. The summed E-state index contributed by atoms with van der Waals surface area (Å²) in [7, 11) is 0. The maximum absolute atomic E-state index is 15.3. The smallest absolute Gasteiger partial charge is 0.200 e. The van der Waals surface area contributed by atoms with Crippen LogP contribution >= 0.6 is 0 Å². The van der Waals surface area contributed by atoms with Crippen LogP contribution in [0.4, 0.5) is 28.4 Å². The molecule has 0 spiro atoms. The van der Waals surface area contributed by atoms with E-state index in [1.165, 1.54) is 87.0 Å². The lowest BCUT2D eigenvalue weighted by atomic mass is 9.77. The number of rotatable bonds is 19. The van der Waals surface area contributed by atoms with E-state index in [1.807, 2.05) is 48.5 Å². The maximum atomic E-state index is 15.3. The van der Waals surface area contributed by atoms with Gasteiger partial charge in [-0.05, 0) is 153 Å². The molecule has 0 aromatic heterocycles. The minimum absolute atomic E-state index is 0.00833. The Morgan fingerprint density at radius 2 is 0.931 bits per heavy atom. The molecule has 2 saturated carbocycles. The molecule has 72 heavy (non-hydrogen) atoms. The van der Waals surface area contributed by atoms with Gasteiger partial charge < -0.3 is 30.3 Å². The second kappa shape index (κ2) is 23.0. The van der Waals surface area contributed by atoms with Crippen molar-refractivity contribution in [3.8, 4) is 34.5 Å². The van der Waals surface area contributed by atoms with Crippen LogP contribution in [-0.2, 0) is 6.42 Å². The van der Waals surface area contributed by atoms with Gasteiger partial charge >= 0.3 is 0 Å². The molecule has 4 N–H and O–H groups in total. The van der Waals surface area contributed by atoms with E-state index in [1.54, 1.807) is 30.3 Å². The van der Waals surface area contributed by atoms with E-state index in [2.05, 4.69) is 60.5 Å². The third kappa shape index (κ3) is 11.2. The number of carbonyl (C=O) groups excluding carboxylic acids is 2. The van der Waals surface area contributed by atoms with E-state index in [0.29, 0.717) is 40.4 Å². The Hall–Kier alpha value is -7.05. The fraction of sp³-hybridized carbons (Fsp3) is 0.381. The van der Waals surface area contributed by atoms with E-state index in [4.69, 9.17) is 16.0 Å². The van der Waals surface area contributed by atoms with Gasteiger partial charge in [0.1, 0.15) is 11.5 Å². The number of aryl methyl sites for hydroxylation is 1. The van der Waals surface area contributed by atoms with Crippen molar-refractivity contribution < 1.29 is 29.3 Å². The van der Waals surface area contributed by atoms with Crippen molar-refractivity contribution in [2.24, 2.45) is 11.8 Å². The number of ether oxygens (including phenoxy) is 2. The Morgan fingerprint density at radius 3 is 1.32 bits per heavy atom. The maximum Gasteiger partial charge on any atom is 0.200 e. The molecular formula is C63H69N3O6. The van der Waals surface area contributed by atoms with E-state index in [9.17, 15) is 10.2 Å². The first-order valence-corrected chi connectivity index (χ1v) is 26.7. The quantitative estimate of drug-likeness (QED) is 0.0467. The van der Waals surface area contributed by atoms with Crippen molar-refractivity contribution in [3.63, 3.8) is 0 Å². The second-order valence-corrected chi connectivity index (χ2v) is 20.5. The highest BCUT2D eigenvalue weighted by Gasteiger charge is 2.41. The average Bonchev–Trinajstić information content (AvgIpc) is 3.41. The Kier molecular flexibility index (Phi) is 15.9. The minimum Gasteiger partial charge on any atom is -0.504 e. The van der Waals surface area contributed by atoms with Crippen LogP contribution in [0.15, 0.2) is 109 Å². The molecule has 0 unspecified atom stereocenters. The van der Waals surface area contributed by atoms with Gasteiger partial charge in [-0.1, -0.05) is 114 Å². The van der Waals surface area contributed by atoms with E-state index in [0.717, 1.165) is 56.8 Å². The number of carbonyl (C=O) groups is 2. The molecular weight excluding hydrogens is 895 g/mol. The molecule has 3 aliphatic carbocycles. The summed E-state index contributed by atoms with van der Waals surface area (Å²) < 4.78 is 12.9. The largest absolute Gasteiger partial charge is 0.504 e. The standard InChI is InChI=1S/C63H69N3O6/c1-5-8-11-40-14-20-43(21-15-40)45-24-34-50(35-25-45)71-54-38-52(65-48-28-18-42(19-29-48)13-10-7-3)56-58(60(54)67)63(70)57-53(66-49-32-30-47(64-4)31-33-49)39-55(61(68)59(57)62(56)69)72-51-36-26-46(27-37-51)44-22-16-41(17-23-44)12-9-6-2/h18-19,24-41,43-44,65-68H,5-17,20-23H2,1-3H3. The first kappa shape index (κ1) is 49.9. The van der Waals surface area contributed by atoms with E-state index < -0.39 is 23.1 Å². The number of ketones is 2. The van der Waals surface area contributed by atoms with Gasteiger partial charge in [-0.25, -0.2) is 4.85 Å². The van der Waals surface area contributed by atoms with Crippen molar-refractivity contribution >= 4 is 40.0 Å². The lowest BCUT2D eigenvalue weighted by Gasteiger charge is -2.29. The van der Waals surface area contributed by atoms with Crippen LogP contribution in [0.2, 0.25) is 0 Å². The Morgan fingerprint density at radius 1 is 0.528 bits per heavy atom. The number of hydrogen-bond donors (Lipinski definition) is 4. The molecule has 6 aromatic carbocycles. The van der Waals surface area contributed by atoms with Crippen LogP contribution in [-0.4, -0.2) is 21.8 Å². The SMILES string of the molecule is [C-]#[N+]c1ccc(Nc2cc(Oc3ccc(C4CCC(CCCC)CC4)cc3)c(O)c3c2C(=O)c2c(O)c(Oc4ccc(C5CCC(CCCC)CC5)cc4)cc(Nc4ccc(CCCC)cc4)c2C3=O)cc1. The molecule has 6 aromatic rings. The van der Waals surface area contributed by atoms with Gasteiger partial charge in [0.2, 0.25) is 11.6 Å². The minimum atomic E-state index is -0.693. The van der Waals surface area contributed by atoms with Gasteiger partial charge in [0.25, 0.3) is 0 Å². The molecule has 9 heteroatoms. The molecule has 0 heterocycles. The number of benzene rings is 6.